The number of nitrogens with one attached hydrogen (secondary N) is 2. The van der Waals surface area contributed by atoms with Crippen molar-refractivity contribution in [1.29, 1.82) is 0 Å². The summed E-state index contributed by atoms with van der Waals surface area (Å²) in [5, 5.41) is 4.81. The van der Waals surface area contributed by atoms with Crippen LogP contribution in [-0.4, -0.2) is 36.4 Å². The molecule has 0 unspecified atom stereocenters. The van der Waals surface area contributed by atoms with E-state index in [0.29, 0.717) is 23.7 Å². The van der Waals surface area contributed by atoms with Crippen molar-refractivity contribution in [3.8, 4) is 11.5 Å². The summed E-state index contributed by atoms with van der Waals surface area (Å²) in [6.45, 7) is -0.211. The Morgan fingerprint density at radius 1 is 1.08 bits per heavy atom. The van der Waals surface area contributed by atoms with Crippen molar-refractivity contribution in [3.05, 3.63) is 92.9 Å². The summed E-state index contributed by atoms with van der Waals surface area (Å²) >= 11 is 2.23. The molecular weight excluding hydrogens is 580 g/mol. The van der Waals surface area contributed by atoms with Gasteiger partial charge in [0.25, 0.3) is 5.91 Å². The van der Waals surface area contributed by atoms with Crippen LogP contribution in [0.4, 0.5) is 14.9 Å². The molecule has 0 radical (unpaired) electrons. The van der Waals surface area contributed by atoms with E-state index in [9.17, 15) is 18.8 Å². The summed E-state index contributed by atoms with van der Waals surface area (Å²) < 4.78 is 26.2. The largest absolute Gasteiger partial charge is 0.493 e. The molecule has 1 aliphatic rings. The van der Waals surface area contributed by atoms with Crippen molar-refractivity contribution in [1.82, 2.24) is 10.2 Å². The Kier molecular flexibility index (Phi) is 7.84. The maximum atomic E-state index is 13.8. The van der Waals surface area contributed by atoms with Crippen LogP contribution >= 0.6 is 22.6 Å². The smallest absolute Gasteiger partial charge is 0.329 e. The monoisotopic (exact) mass is 601 g/mol. The highest BCUT2D eigenvalue weighted by Gasteiger charge is 2.35. The number of ether oxygens (including phenoxy) is 2. The van der Waals surface area contributed by atoms with Crippen molar-refractivity contribution in [2.24, 2.45) is 0 Å². The average molecular weight is 601 g/mol. The van der Waals surface area contributed by atoms with Gasteiger partial charge in [0.05, 0.1) is 12.8 Å². The molecule has 1 heterocycles. The van der Waals surface area contributed by atoms with Crippen molar-refractivity contribution in [2.45, 2.75) is 6.61 Å². The number of hydrogen-bond acceptors (Lipinski definition) is 5. The summed E-state index contributed by atoms with van der Waals surface area (Å²) in [5.41, 5.74) is 1.53. The van der Waals surface area contributed by atoms with Gasteiger partial charge >= 0.3 is 6.03 Å². The minimum atomic E-state index is -0.751. The Labute approximate surface area is 220 Å². The summed E-state index contributed by atoms with van der Waals surface area (Å²) in [6, 6.07) is 17.9. The second kappa shape index (κ2) is 11.2. The zero-order chi connectivity index (χ0) is 25.7. The molecule has 4 amide bonds. The van der Waals surface area contributed by atoms with Gasteiger partial charge in [-0.25, -0.2) is 14.1 Å². The van der Waals surface area contributed by atoms with E-state index in [1.54, 1.807) is 24.3 Å². The first-order valence-electron chi connectivity index (χ1n) is 10.8. The van der Waals surface area contributed by atoms with Crippen molar-refractivity contribution in [3.63, 3.8) is 0 Å². The van der Waals surface area contributed by atoms with Gasteiger partial charge in [-0.1, -0.05) is 30.3 Å². The maximum absolute atomic E-state index is 13.8. The van der Waals surface area contributed by atoms with Gasteiger partial charge < -0.3 is 20.1 Å². The second-order valence-electron chi connectivity index (χ2n) is 7.73. The fourth-order valence-corrected chi connectivity index (χ4v) is 3.77. The van der Waals surface area contributed by atoms with Gasteiger partial charge in [-0.15, -0.1) is 0 Å². The van der Waals surface area contributed by atoms with Gasteiger partial charge in [-0.05, 0) is 76.2 Å². The Bertz CT molecular complexity index is 1340. The number of rotatable bonds is 8. The van der Waals surface area contributed by atoms with Crippen LogP contribution in [0.3, 0.4) is 0 Å². The zero-order valence-electron chi connectivity index (χ0n) is 19.1. The Morgan fingerprint density at radius 3 is 2.56 bits per heavy atom. The van der Waals surface area contributed by atoms with E-state index < -0.39 is 30.2 Å². The van der Waals surface area contributed by atoms with Crippen LogP contribution in [0, 0.1) is 9.39 Å². The molecule has 3 aromatic carbocycles. The Balaban J connectivity index is 1.43. The van der Waals surface area contributed by atoms with E-state index in [-0.39, 0.29) is 11.4 Å². The van der Waals surface area contributed by atoms with Crippen LogP contribution in [0.15, 0.2) is 72.4 Å². The zero-order valence-corrected chi connectivity index (χ0v) is 21.2. The quantitative estimate of drug-likeness (QED) is 0.225. The molecule has 0 aliphatic carbocycles. The standard InChI is InChI=1S/C26H21FIN3O5/c1-35-23-13-17(8-11-22(23)36-15-16-6-9-18(28)10-7-16)12-21-25(33)31(26(34)30-21)14-24(32)29-20-5-3-2-4-19(20)27/h2-13H,14-15H2,1H3,(H,29,32)(H,30,34)/b21-12+. The van der Waals surface area contributed by atoms with E-state index in [4.69, 9.17) is 9.47 Å². The number of amides is 4. The predicted molar refractivity (Wildman–Crippen MR) is 140 cm³/mol. The third-order valence-electron chi connectivity index (χ3n) is 5.22. The van der Waals surface area contributed by atoms with Crippen LogP contribution < -0.4 is 20.1 Å². The molecule has 0 spiro atoms. The molecule has 2 N–H and O–H groups in total. The van der Waals surface area contributed by atoms with Gasteiger partial charge in [-0.3, -0.25) is 9.59 Å². The fourth-order valence-electron chi connectivity index (χ4n) is 3.41. The number of para-hydroxylation sites is 1. The highest BCUT2D eigenvalue weighted by Crippen LogP contribution is 2.30. The Hall–Kier alpha value is -3.93. The molecule has 4 rings (SSSR count). The second-order valence-corrected chi connectivity index (χ2v) is 8.98. The third kappa shape index (κ3) is 6.00. The van der Waals surface area contributed by atoms with Crippen molar-refractivity contribution in [2.75, 3.05) is 19.0 Å². The lowest BCUT2D eigenvalue weighted by atomic mass is 10.1. The highest BCUT2D eigenvalue weighted by atomic mass is 127. The number of carbonyl (C=O) groups excluding carboxylic acids is 3. The molecule has 0 bridgehead atoms. The van der Waals surface area contributed by atoms with Crippen LogP contribution in [0.1, 0.15) is 11.1 Å². The lowest BCUT2D eigenvalue weighted by Gasteiger charge is -2.12. The van der Waals surface area contributed by atoms with Crippen LogP contribution in [0.2, 0.25) is 0 Å². The normalized spacial score (nSPS) is 14.1. The molecule has 3 aromatic rings. The molecule has 1 aliphatic heterocycles. The molecule has 184 valence electrons. The first-order valence-corrected chi connectivity index (χ1v) is 11.9. The molecule has 10 heteroatoms. The third-order valence-corrected chi connectivity index (χ3v) is 5.94. The van der Waals surface area contributed by atoms with E-state index >= 15 is 0 Å². The molecule has 1 fully saturated rings. The van der Waals surface area contributed by atoms with Gasteiger partial charge in [0.1, 0.15) is 24.7 Å². The number of carbonyl (C=O) groups is 3. The first kappa shape index (κ1) is 25.2. The average Bonchev–Trinajstić information content (AvgIpc) is 3.12. The minimum Gasteiger partial charge on any atom is -0.493 e. The number of methoxy groups -OCH3 is 1. The Morgan fingerprint density at radius 2 is 1.83 bits per heavy atom. The number of benzene rings is 3. The van der Waals surface area contributed by atoms with Crippen LogP contribution in [-0.2, 0) is 16.2 Å². The molecule has 0 saturated carbocycles. The van der Waals surface area contributed by atoms with Crippen LogP contribution in [0.25, 0.3) is 6.08 Å². The number of imide groups is 1. The lowest BCUT2D eigenvalue weighted by Crippen LogP contribution is -2.38. The maximum Gasteiger partial charge on any atom is 0.329 e. The predicted octanol–water partition coefficient (Wildman–Crippen LogP) is 4.55. The lowest BCUT2D eigenvalue weighted by molar-refractivity contribution is -0.127. The summed E-state index contributed by atoms with van der Waals surface area (Å²) in [6.07, 6.45) is 1.47. The molecule has 8 nitrogen and oxygen atoms in total. The van der Waals surface area contributed by atoms with Gasteiger partial charge in [0.2, 0.25) is 5.91 Å². The summed E-state index contributed by atoms with van der Waals surface area (Å²) in [5.74, 6) is -1.04. The number of hydrogen-bond donors (Lipinski definition) is 2. The van der Waals surface area contributed by atoms with Crippen LogP contribution in [0.5, 0.6) is 11.5 Å². The topological polar surface area (TPSA) is 97.0 Å². The number of urea groups is 1. The molecular formula is C26H21FIN3O5. The van der Waals surface area contributed by atoms with Gasteiger partial charge in [0, 0.05) is 3.57 Å². The summed E-state index contributed by atoms with van der Waals surface area (Å²) in [4.78, 5) is 38.1. The molecule has 36 heavy (non-hydrogen) atoms. The highest BCUT2D eigenvalue weighted by molar-refractivity contribution is 14.1. The van der Waals surface area contributed by atoms with E-state index in [1.807, 2.05) is 24.3 Å². The first-order chi connectivity index (χ1) is 17.3. The fraction of sp³-hybridized carbons (Fsp3) is 0.115. The number of nitrogens with zero attached hydrogens (tertiary/aromatic N) is 1. The van der Waals surface area contributed by atoms with Crippen molar-refractivity contribution >= 4 is 52.2 Å². The van der Waals surface area contributed by atoms with Gasteiger partial charge in [0.15, 0.2) is 11.5 Å². The van der Waals surface area contributed by atoms with E-state index in [2.05, 4.69) is 33.2 Å². The SMILES string of the molecule is COc1cc(/C=C2/NC(=O)N(CC(=O)Nc3ccccc3F)C2=O)ccc1OCc1ccc(I)cc1. The summed E-state index contributed by atoms with van der Waals surface area (Å²) in [7, 11) is 1.50. The number of halogens is 2. The minimum absolute atomic E-state index is 0.00620. The van der Waals surface area contributed by atoms with Gasteiger partial charge in [-0.2, -0.15) is 0 Å². The van der Waals surface area contributed by atoms with E-state index in [0.717, 1.165) is 14.0 Å². The molecule has 1 saturated heterocycles. The van der Waals surface area contributed by atoms with Crippen molar-refractivity contribution < 1.29 is 28.2 Å². The molecule has 0 aromatic heterocycles. The van der Waals surface area contributed by atoms with E-state index in [1.165, 1.54) is 31.4 Å². The molecule has 0 atom stereocenters. The number of anilines is 1.